The number of fused-ring (bicyclic) bond motifs is 3. The van der Waals surface area contributed by atoms with Crippen molar-refractivity contribution in [3.05, 3.63) is 29.6 Å². The maximum Gasteiger partial charge on any atom is 0.127 e. The molecule has 2 saturated heterocycles. The van der Waals surface area contributed by atoms with Gasteiger partial charge in [0, 0.05) is 6.07 Å². The Morgan fingerprint density at radius 3 is 2.50 bits per heavy atom. The number of phenolic OH excluding ortho intramolecular Hbond substituents is 1. The van der Waals surface area contributed by atoms with E-state index in [9.17, 15) is 9.50 Å². The largest absolute Gasteiger partial charge is 0.508 e. The van der Waals surface area contributed by atoms with E-state index in [4.69, 9.17) is 4.74 Å². The summed E-state index contributed by atoms with van der Waals surface area (Å²) in [5.41, 5.74) is 0.808. The van der Waals surface area contributed by atoms with Crippen LogP contribution in [0.2, 0.25) is 0 Å². The number of phenols is 1. The van der Waals surface area contributed by atoms with Gasteiger partial charge in [0.1, 0.15) is 11.6 Å². The van der Waals surface area contributed by atoms with Crippen LogP contribution in [0.5, 0.6) is 5.75 Å². The summed E-state index contributed by atoms with van der Waals surface area (Å²) >= 11 is 0. The van der Waals surface area contributed by atoms with Gasteiger partial charge in [-0.3, -0.25) is 0 Å². The van der Waals surface area contributed by atoms with E-state index in [1.165, 1.54) is 38.2 Å². The molecule has 4 fully saturated rings. The van der Waals surface area contributed by atoms with Crippen LogP contribution in [0.3, 0.4) is 0 Å². The van der Waals surface area contributed by atoms with E-state index in [1.54, 1.807) is 6.07 Å². The quantitative estimate of drug-likeness (QED) is 0.869. The first kappa shape index (κ1) is 14.5. The van der Waals surface area contributed by atoms with Gasteiger partial charge in [0.15, 0.2) is 0 Å². The van der Waals surface area contributed by atoms with Crippen molar-refractivity contribution >= 4 is 0 Å². The molecule has 0 aromatic heterocycles. The molecule has 1 N–H and O–H groups in total. The van der Waals surface area contributed by atoms with Gasteiger partial charge in [0.25, 0.3) is 0 Å². The molecule has 2 aliphatic carbocycles. The van der Waals surface area contributed by atoms with Gasteiger partial charge in [-0.2, -0.15) is 0 Å². The van der Waals surface area contributed by atoms with Crippen LogP contribution < -0.4 is 0 Å². The zero-order valence-electron chi connectivity index (χ0n) is 13.3. The van der Waals surface area contributed by atoms with Crippen LogP contribution in [0.15, 0.2) is 18.2 Å². The molecule has 2 atom stereocenters. The first-order chi connectivity index (χ1) is 10.5. The lowest BCUT2D eigenvalue weighted by atomic mass is 9.62. The molecule has 4 aliphatic rings. The summed E-state index contributed by atoms with van der Waals surface area (Å²) < 4.78 is 19.9. The molecule has 5 rings (SSSR count). The molecule has 2 aliphatic heterocycles. The summed E-state index contributed by atoms with van der Waals surface area (Å²) in [6.45, 7) is 3.15. The summed E-state index contributed by atoms with van der Waals surface area (Å²) in [5.74, 6) is 1.50. The van der Waals surface area contributed by atoms with E-state index < -0.39 is 0 Å². The Morgan fingerprint density at radius 1 is 1.23 bits per heavy atom. The van der Waals surface area contributed by atoms with Crippen molar-refractivity contribution < 1.29 is 14.2 Å². The molecule has 22 heavy (non-hydrogen) atoms. The van der Waals surface area contributed by atoms with Crippen molar-refractivity contribution in [1.29, 1.82) is 0 Å². The van der Waals surface area contributed by atoms with Gasteiger partial charge in [0.2, 0.25) is 0 Å². The van der Waals surface area contributed by atoms with Gasteiger partial charge in [-0.1, -0.05) is 6.92 Å². The molecule has 2 bridgehead atoms. The van der Waals surface area contributed by atoms with Crippen molar-refractivity contribution in [2.45, 2.75) is 57.5 Å². The Balaban J connectivity index is 1.47. The average molecular weight is 304 g/mol. The van der Waals surface area contributed by atoms with Crippen LogP contribution in [0.25, 0.3) is 0 Å². The number of aromatic hydroxyl groups is 1. The zero-order chi connectivity index (χ0) is 15.4. The Kier molecular flexibility index (Phi) is 3.26. The van der Waals surface area contributed by atoms with Crippen molar-refractivity contribution in [3.8, 4) is 5.75 Å². The van der Waals surface area contributed by atoms with E-state index in [-0.39, 0.29) is 17.2 Å². The monoisotopic (exact) mass is 304 g/mol. The van der Waals surface area contributed by atoms with Crippen molar-refractivity contribution in [3.63, 3.8) is 0 Å². The van der Waals surface area contributed by atoms with Crippen LogP contribution in [-0.2, 0) is 10.3 Å². The second-order valence-electron chi connectivity index (χ2n) is 7.99. The molecular formula is C19H25FO2. The van der Waals surface area contributed by atoms with E-state index in [0.717, 1.165) is 42.9 Å². The second-order valence-corrected chi connectivity index (χ2v) is 7.99. The van der Waals surface area contributed by atoms with Crippen molar-refractivity contribution in [1.82, 2.24) is 0 Å². The third-order valence-electron chi connectivity index (χ3n) is 6.50. The Labute approximate surface area is 131 Å². The summed E-state index contributed by atoms with van der Waals surface area (Å²) in [5, 5.41) is 9.68. The number of hydrogen-bond donors (Lipinski definition) is 1. The van der Waals surface area contributed by atoms with Gasteiger partial charge in [-0.05, 0) is 79.9 Å². The average Bonchev–Trinajstić information content (AvgIpc) is 3.22. The number of hydrogen-bond acceptors (Lipinski definition) is 2. The smallest absolute Gasteiger partial charge is 0.127 e. The fourth-order valence-corrected chi connectivity index (χ4v) is 4.59. The van der Waals surface area contributed by atoms with Gasteiger partial charge in [0.05, 0.1) is 12.2 Å². The third-order valence-corrected chi connectivity index (χ3v) is 6.50. The van der Waals surface area contributed by atoms with Gasteiger partial charge in [-0.15, -0.1) is 0 Å². The van der Waals surface area contributed by atoms with Crippen LogP contribution in [0, 0.1) is 23.1 Å². The van der Waals surface area contributed by atoms with E-state index in [2.05, 4.69) is 6.92 Å². The Bertz CT molecular complexity index is 538. The van der Waals surface area contributed by atoms with Gasteiger partial charge >= 0.3 is 0 Å². The molecule has 120 valence electrons. The van der Waals surface area contributed by atoms with E-state index >= 15 is 0 Å². The highest BCUT2D eigenvalue weighted by Gasteiger charge is 2.51. The minimum Gasteiger partial charge on any atom is -0.508 e. The SMILES string of the molecule is CC1CC1CCC12CCC(c3cc(O)cc(F)c3)(CC1)OC2. The lowest BCUT2D eigenvalue weighted by molar-refractivity contribution is -0.192. The molecule has 2 heterocycles. The maximum atomic E-state index is 13.6. The lowest BCUT2D eigenvalue weighted by Gasteiger charge is -2.53. The molecule has 1 aromatic carbocycles. The first-order valence-corrected chi connectivity index (χ1v) is 8.64. The molecule has 2 saturated carbocycles. The number of halogens is 1. The third kappa shape index (κ3) is 2.44. The summed E-state index contributed by atoms with van der Waals surface area (Å²) in [6.07, 6.45) is 8.29. The highest BCUT2D eigenvalue weighted by Crippen LogP contribution is 2.57. The predicted molar refractivity (Wildman–Crippen MR) is 83.1 cm³/mol. The summed E-state index contributed by atoms with van der Waals surface area (Å²) in [6, 6.07) is 4.37. The minimum atomic E-state index is -0.377. The second kappa shape index (κ2) is 4.95. The summed E-state index contributed by atoms with van der Waals surface area (Å²) in [4.78, 5) is 0. The molecule has 2 nitrogen and oxygen atoms in total. The normalized spacial score (nSPS) is 39.9. The highest BCUT2D eigenvalue weighted by atomic mass is 19.1. The van der Waals surface area contributed by atoms with Crippen LogP contribution in [0.4, 0.5) is 4.39 Å². The van der Waals surface area contributed by atoms with Gasteiger partial charge < -0.3 is 9.84 Å². The summed E-state index contributed by atoms with van der Waals surface area (Å²) in [7, 11) is 0. The molecule has 1 aromatic rings. The maximum absolute atomic E-state index is 13.6. The standard InChI is InChI=1S/C19H25FO2/c1-13-8-14(13)2-3-18-4-6-19(7-5-18,22-12-18)15-9-16(20)11-17(21)10-15/h9-11,13-14,21H,2-8,12H2,1H3. The fraction of sp³-hybridized carbons (Fsp3) is 0.684. The Hall–Kier alpha value is -1.09. The molecule has 0 amide bonds. The van der Waals surface area contributed by atoms with Crippen molar-refractivity contribution in [2.75, 3.05) is 6.61 Å². The Morgan fingerprint density at radius 2 is 1.95 bits per heavy atom. The molecule has 0 spiro atoms. The van der Waals surface area contributed by atoms with Crippen LogP contribution in [-0.4, -0.2) is 11.7 Å². The number of ether oxygens (including phenoxy) is 1. The molecule has 3 heteroatoms. The zero-order valence-corrected chi connectivity index (χ0v) is 13.3. The van der Waals surface area contributed by atoms with Gasteiger partial charge in [-0.25, -0.2) is 4.39 Å². The molecule has 0 radical (unpaired) electrons. The first-order valence-electron chi connectivity index (χ1n) is 8.64. The van der Waals surface area contributed by atoms with E-state index in [0.29, 0.717) is 5.41 Å². The predicted octanol–water partition coefficient (Wildman–Crippen LogP) is 4.75. The fourth-order valence-electron chi connectivity index (χ4n) is 4.59. The minimum absolute atomic E-state index is 0.00175. The van der Waals surface area contributed by atoms with E-state index in [1.807, 2.05) is 0 Å². The molecule has 2 unspecified atom stereocenters. The lowest BCUT2D eigenvalue weighted by Crippen LogP contribution is -2.49. The molecular weight excluding hydrogens is 279 g/mol. The topological polar surface area (TPSA) is 29.5 Å². The number of rotatable bonds is 4. The van der Waals surface area contributed by atoms with Crippen LogP contribution >= 0.6 is 0 Å². The highest BCUT2D eigenvalue weighted by molar-refractivity contribution is 5.33. The van der Waals surface area contributed by atoms with Crippen LogP contribution in [0.1, 0.15) is 57.4 Å². The number of benzene rings is 1. The van der Waals surface area contributed by atoms with Crippen molar-refractivity contribution in [2.24, 2.45) is 17.3 Å².